The Kier molecular flexibility index (Phi) is 5.71. The number of carbonyl (C=O) groups excluding carboxylic acids is 1. The number of pyridine rings is 1. The number of hydrogen-bond acceptors (Lipinski definition) is 7. The first-order valence-electron chi connectivity index (χ1n) is 9.67. The highest BCUT2D eigenvalue weighted by Crippen LogP contribution is 2.31. The van der Waals surface area contributed by atoms with Crippen molar-refractivity contribution in [2.45, 2.75) is 29.8 Å². The summed E-state index contributed by atoms with van der Waals surface area (Å²) in [5.41, 5.74) is 2.19. The van der Waals surface area contributed by atoms with Crippen LogP contribution in [0.5, 0.6) is 0 Å². The van der Waals surface area contributed by atoms with Gasteiger partial charge in [-0.15, -0.1) is 21.5 Å². The average molecular weight is 469 g/mol. The van der Waals surface area contributed by atoms with Crippen LogP contribution in [0, 0.1) is 0 Å². The summed E-state index contributed by atoms with van der Waals surface area (Å²) in [6, 6.07) is 11.7. The van der Waals surface area contributed by atoms with E-state index in [1.54, 1.807) is 17.8 Å². The lowest BCUT2D eigenvalue weighted by atomic mass is 10.2. The van der Waals surface area contributed by atoms with Crippen molar-refractivity contribution in [1.82, 2.24) is 30.0 Å². The first-order valence-corrected chi connectivity index (χ1v) is 11.9. The van der Waals surface area contributed by atoms with Gasteiger partial charge in [0.05, 0.1) is 11.4 Å². The van der Waals surface area contributed by atoms with E-state index in [2.05, 4.69) is 25.5 Å². The third-order valence-corrected chi connectivity index (χ3v) is 6.85. The number of thiazole rings is 1. The molecule has 0 bridgehead atoms. The van der Waals surface area contributed by atoms with Gasteiger partial charge in [-0.25, -0.2) is 4.98 Å². The molecule has 0 spiro atoms. The Bertz CT molecular complexity index is 1220. The summed E-state index contributed by atoms with van der Waals surface area (Å²) in [7, 11) is 0. The number of amides is 1. The molecule has 5 rings (SSSR count). The van der Waals surface area contributed by atoms with Gasteiger partial charge in [-0.05, 0) is 43.2 Å². The zero-order valence-corrected chi connectivity index (χ0v) is 18.6. The predicted molar refractivity (Wildman–Crippen MR) is 122 cm³/mol. The molecular weight excluding hydrogens is 452 g/mol. The fraction of sp³-hybridized carbons (Fsp3) is 0.190. The Morgan fingerprint density at radius 3 is 2.94 bits per heavy atom. The molecule has 1 aliphatic rings. The minimum atomic E-state index is -0.101. The topological polar surface area (TPSA) is 85.6 Å². The molecule has 1 aromatic carbocycles. The normalized spacial score (nSPS) is 13.3. The molecule has 0 unspecified atom stereocenters. The van der Waals surface area contributed by atoms with Crippen molar-refractivity contribution in [3.8, 4) is 17.1 Å². The summed E-state index contributed by atoms with van der Waals surface area (Å²) >= 11 is 9.22. The number of hydrogen-bond donors (Lipinski definition) is 1. The number of nitrogens with zero attached hydrogens (tertiary/aromatic N) is 5. The Hall–Kier alpha value is -2.75. The Balaban J connectivity index is 1.41. The van der Waals surface area contributed by atoms with E-state index in [1.807, 2.05) is 41.0 Å². The lowest BCUT2D eigenvalue weighted by Gasteiger charge is -2.10. The van der Waals surface area contributed by atoms with Gasteiger partial charge in [-0.2, -0.15) is 0 Å². The van der Waals surface area contributed by atoms with Crippen molar-refractivity contribution >= 4 is 40.6 Å². The van der Waals surface area contributed by atoms with Gasteiger partial charge in [-0.1, -0.05) is 29.4 Å². The van der Waals surface area contributed by atoms with Crippen molar-refractivity contribution in [1.29, 1.82) is 0 Å². The second-order valence-corrected chi connectivity index (χ2v) is 9.35. The number of halogens is 1. The Labute approximate surface area is 191 Å². The number of aromatic nitrogens is 5. The summed E-state index contributed by atoms with van der Waals surface area (Å²) in [5.74, 6) is 1.16. The number of carbonyl (C=O) groups is 1. The fourth-order valence-corrected chi connectivity index (χ4v) is 4.92. The number of benzene rings is 1. The van der Waals surface area contributed by atoms with Crippen molar-refractivity contribution in [2.75, 3.05) is 0 Å². The summed E-state index contributed by atoms with van der Waals surface area (Å²) < 4.78 is 1.96. The number of thioether (sulfide) groups is 1. The van der Waals surface area contributed by atoms with Crippen molar-refractivity contribution in [3.63, 3.8) is 0 Å². The zero-order chi connectivity index (χ0) is 21.2. The molecule has 7 nitrogen and oxygen atoms in total. The fourth-order valence-electron chi connectivity index (χ4n) is 2.99. The lowest BCUT2D eigenvalue weighted by Crippen LogP contribution is -2.25. The van der Waals surface area contributed by atoms with Gasteiger partial charge in [0.1, 0.15) is 10.7 Å². The summed E-state index contributed by atoms with van der Waals surface area (Å²) in [6.07, 6.45) is 5.58. The smallest absolute Gasteiger partial charge is 0.270 e. The van der Waals surface area contributed by atoms with Crippen LogP contribution in [0.4, 0.5) is 0 Å². The maximum absolute atomic E-state index is 12.2. The summed E-state index contributed by atoms with van der Waals surface area (Å²) in [4.78, 5) is 20.9. The van der Waals surface area contributed by atoms with Gasteiger partial charge in [-0.3, -0.25) is 14.3 Å². The van der Waals surface area contributed by atoms with Crippen molar-refractivity contribution < 1.29 is 4.79 Å². The quantitative estimate of drug-likeness (QED) is 0.398. The van der Waals surface area contributed by atoms with E-state index in [0.717, 1.165) is 29.1 Å². The van der Waals surface area contributed by atoms with E-state index in [9.17, 15) is 4.79 Å². The molecule has 1 amide bonds. The van der Waals surface area contributed by atoms with Gasteiger partial charge in [0.15, 0.2) is 11.0 Å². The van der Waals surface area contributed by atoms with Crippen LogP contribution in [0.2, 0.25) is 5.02 Å². The van der Waals surface area contributed by atoms with Crippen LogP contribution in [0.15, 0.2) is 59.3 Å². The van der Waals surface area contributed by atoms with Crippen LogP contribution >= 0.6 is 34.7 Å². The molecule has 1 N–H and O–H groups in total. The highest BCUT2D eigenvalue weighted by molar-refractivity contribution is 7.98. The highest BCUT2D eigenvalue weighted by atomic mass is 35.5. The van der Waals surface area contributed by atoms with E-state index in [4.69, 9.17) is 11.6 Å². The molecule has 4 aromatic rings. The van der Waals surface area contributed by atoms with E-state index in [1.165, 1.54) is 23.1 Å². The predicted octanol–water partition coefficient (Wildman–Crippen LogP) is 4.62. The third kappa shape index (κ3) is 4.63. The van der Waals surface area contributed by atoms with Crippen LogP contribution in [-0.4, -0.2) is 36.7 Å². The minimum Gasteiger partial charge on any atom is -0.348 e. The van der Waals surface area contributed by atoms with E-state index < -0.39 is 0 Å². The van der Waals surface area contributed by atoms with Crippen LogP contribution < -0.4 is 5.32 Å². The van der Waals surface area contributed by atoms with E-state index >= 15 is 0 Å². The van der Waals surface area contributed by atoms with Gasteiger partial charge in [0, 0.05) is 34.4 Å². The van der Waals surface area contributed by atoms with Gasteiger partial charge in [0.25, 0.3) is 5.91 Å². The zero-order valence-electron chi connectivity index (χ0n) is 16.2. The lowest BCUT2D eigenvalue weighted by molar-refractivity contribution is 0.0946. The minimum absolute atomic E-state index is 0.101. The molecule has 0 saturated heterocycles. The second-order valence-electron chi connectivity index (χ2n) is 7.03. The molecule has 156 valence electrons. The van der Waals surface area contributed by atoms with Crippen LogP contribution in [-0.2, 0) is 5.75 Å². The van der Waals surface area contributed by atoms with Gasteiger partial charge >= 0.3 is 0 Å². The molecule has 3 heterocycles. The molecule has 31 heavy (non-hydrogen) atoms. The summed E-state index contributed by atoms with van der Waals surface area (Å²) in [5, 5.41) is 15.8. The standard InChI is InChI=1S/C21H17ClN6OS2/c22-14-4-1-5-16(9-14)28-19(13-3-2-8-23-10-13)26-27-21(28)31-12-18-25-17(11-30-18)20(29)24-15-6-7-15/h1-5,8-11,15H,6-7,12H2,(H,24,29). The molecule has 3 aromatic heterocycles. The highest BCUT2D eigenvalue weighted by Gasteiger charge is 2.25. The summed E-state index contributed by atoms with van der Waals surface area (Å²) in [6.45, 7) is 0. The molecule has 10 heteroatoms. The molecular formula is C21H17ClN6OS2. The van der Waals surface area contributed by atoms with E-state index in [0.29, 0.717) is 33.5 Å². The molecule has 0 radical (unpaired) electrons. The van der Waals surface area contributed by atoms with Gasteiger partial charge in [0.2, 0.25) is 0 Å². The average Bonchev–Trinajstić information content (AvgIpc) is 3.30. The van der Waals surface area contributed by atoms with Gasteiger partial charge < -0.3 is 5.32 Å². The van der Waals surface area contributed by atoms with Crippen molar-refractivity contribution in [3.05, 3.63) is 69.9 Å². The molecule has 1 saturated carbocycles. The van der Waals surface area contributed by atoms with Crippen LogP contribution in [0.25, 0.3) is 17.1 Å². The maximum Gasteiger partial charge on any atom is 0.270 e. The maximum atomic E-state index is 12.2. The molecule has 0 atom stereocenters. The Morgan fingerprint density at radius 1 is 1.26 bits per heavy atom. The largest absolute Gasteiger partial charge is 0.348 e. The second kappa shape index (κ2) is 8.78. The first kappa shape index (κ1) is 20.2. The van der Waals surface area contributed by atoms with Crippen molar-refractivity contribution in [2.24, 2.45) is 0 Å². The SMILES string of the molecule is O=C(NC1CC1)c1csc(CSc2nnc(-c3cccnc3)n2-c2cccc(Cl)c2)n1. The Morgan fingerprint density at radius 2 is 2.16 bits per heavy atom. The third-order valence-electron chi connectivity index (χ3n) is 4.64. The molecule has 0 aliphatic heterocycles. The van der Waals surface area contributed by atoms with E-state index in [-0.39, 0.29) is 5.91 Å². The van der Waals surface area contributed by atoms with Crippen LogP contribution in [0.3, 0.4) is 0 Å². The number of rotatable bonds is 7. The first-order chi connectivity index (χ1) is 15.2. The number of nitrogens with one attached hydrogen (secondary N) is 1. The molecule has 1 fully saturated rings. The molecule has 1 aliphatic carbocycles. The van der Waals surface area contributed by atoms with Crippen LogP contribution in [0.1, 0.15) is 28.3 Å². The monoisotopic (exact) mass is 468 g/mol.